The summed E-state index contributed by atoms with van der Waals surface area (Å²) >= 11 is 0. The predicted octanol–water partition coefficient (Wildman–Crippen LogP) is 8.36. The molecule has 3 aromatic rings. The van der Waals surface area contributed by atoms with E-state index in [1.54, 1.807) is 24.3 Å². The quantitative estimate of drug-likeness (QED) is 0.0784. The van der Waals surface area contributed by atoms with Crippen molar-refractivity contribution in [3.63, 3.8) is 0 Å². The van der Waals surface area contributed by atoms with Crippen molar-refractivity contribution in [1.29, 1.82) is 0 Å². The van der Waals surface area contributed by atoms with Crippen LogP contribution in [-0.2, 0) is 28.5 Å². The topological polar surface area (TPSA) is 105 Å². The SMILES string of the molecule is CCCCCCOC(=O)[C@H](C)OC(=O)c1ccc(-c2ccc(-c3ccc(C(=O)O[C@@H](C)C(=O)OCCCCCC)cc3)cc2)cc1. The van der Waals surface area contributed by atoms with Crippen LogP contribution in [0.3, 0.4) is 0 Å². The maximum atomic E-state index is 12.6. The molecule has 0 N–H and O–H groups in total. The minimum Gasteiger partial charge on any atom is -0.463 e. The first-order chi connectivity index (χ1) is 22.2. The summed E-state index contributed by atoms with van der Waals surface area (Å²) in [5.74, 6) is -2.26. The number of benzene rings is 3. The van der Waals surface area contributed by atoms with Gasteiger partial charge in [0.15, 0.2) is 12.2 Å². The molecule has 3 rings (SSSR count). The lowest BCUT2D eigenvalue weighted by Gasteiger charge is -2.13. The Hall–Kier alpha value is -4.46. The summed E-state index contributed by atoms with van der Waals surface area (Å²) in [7, 11) is 0. The second kappa shape index (κ2) is 19.1. The van der Waals surface area contributed by atoms with Crippen molar-refractivity contribution in [2.45, 2.75) is 91.3 Å². The van der Waals surface area contributed by atoms with Crippen LogP contribution in [0.5, 0.6) is 0 Å². The van der Waals surface area contributed by atoms with Crippen LogP contribution in [0.15, 0.2) is 72.8 Å². The van der Waals surface area contributed by atoms with Crippen molar-refractivity contribution in [3.8, 4) is 22.3 Å². The maximum Gasteiger partial charge on any atom is 0.347 e. The van der Waals surface area contributed by atoms with Crippen LogP contribution >= 0.6 is 0 Å². The van der Waals surface area contributed by atoms with Gasteiger partial charge in [-0.2, -0.15) is 0 Å². The zero-order valence-electron chi connectivity index (χ0n) is 27.4. The van der Waals surface area contributed by atoms with Gasteiger partial charge in [0, 0.05) is 0 Å². The first-order valence-corrected chi connectivity index (χ1v) is 16.3. The lowest BCUT2D eigenvalue weighted by Crippen LogP contribution is -2.26. The van der Waals surface area contributed by atoms with Gasteiger partial charge in [-0.15, -0.1) is 0 Å². The number of carbonyl (C=O) groups is 4. The fraction of sp³-hybridized carbons (Fsp3) is 0.421. The van der Waals surface area contributed by atoms with E-state index < -0.39 is 36.1 Å². The molecule has 0 spiro atoms. The summed E-state index contributed by atoms with van der Waals surface area (Å²) in [6.45, 7) is 7.90. The number of carbonyl (C=O) groups excluding carboxylic acids is 4. The van der Waals surface area contributed by atoms with E-state index in [4.69, 9.17) is 18.9 Å². The van der Waals surface area contributed by atoms with Crippen LogP contribution in [-0.4, -0.2) is 49.3 Å². The lowest BCUT2D eigenvalue weighted by molar-refractivity contribution is -0.153. The van der Waals surface area contributed by atoms with Crippen molar-refractivity contribution < 1.29 is 38.1 Å². The highest BCUT2D eigenvalue weighted by molar-refractivity contribution is 5.93. The Bertz CT molecular complexity index is 1290. The zero-order chi connectivity index (χ0) is 33.3. The van der Waals surface area contributed by atoms with E-state index in [2.05, 4.69) is 13.8 Å². The molecule has 0 radical (unpaired) electrons. The molecule has 0 aliphatic heterocycles. The van der Waals surface area contributed by atoms with Gasteiger partial charge in [0.25, 0.3) is 0 Å². The fourth-order valence-corrected chi connectivity index (χ4v) is 4.64. The molecule has 0 amide bonds. The van der Waals surface area contributed by atoms with Gasteiger partial charge in [0.1, 0.15) is 0 Å². The Morgan fingerprint density at radius 3 is 1.09 bits per heavy atom. The van der Waals surface area contributed by atoms with Crippen molar-refractivity contribution in [1.82, 2.24) is 0 Å². The van der Waals surface area contributed by atoms with E-state index in [0.29, 0.717) is 24.3 Å². The van der Waals surface area contributed by atoms with Gasteiger partial charge in [-0.1, -0.05) is 101 Å². The van der Waals surface area contributed by atoms with E-state index in [0.717, 1.165) is 73.6 Å². The van der Waals surface area contributed by atoms with Crippen LogP contribution in [0.2, 0.25) is 0 Å². The molecule has 0 unspecified atom stereocenters. The molecule has 0 heterocycles. The van der Waals surface area contributed by atoms with E-state index in [9.17, 15) is 19.2 Å². The minimum atomic E-state index is -0.983. The summed E-state index contributed by atoms with van der Waals surface area (Å²) < 4.78 is 21.0. The average molecular weight is 631 g/mol. The molecule has 0 saturated carbocycles. The Balaban J connectivity index is 1.50. The van der Waals surface area contributed by atoms with Gasteiger partial charge in [-0.25, -0.2) is 19.2 Å². The molecule has 8 heteroatoms. The fourth-order valence-electron chi connectivity index (χ4n) is 4.64. The van der Waals surface area contributed by atoms with Gasteiger partial charge < -0.3 is 18.9 Å². The molecule has 3 aromatic carbocycles. The molecule has 0 aliphatic carbocycles. The number of rotatable bonds is 18. The molecule has 46 heavy (non-hydrogen) atoms. The minimum absolute atomic E-state index is 0.326. The Morgan fingerprint density at radius 2 is 0.783 bits per heavy atom. The highest BCUT2D eigenvalue weighted by atomic mass is 16.6. The van der Waals surface area contributed by atoms with Crippen LogP contribution in [0.1, 0.15) is 99.8 Å². The molecule has 0 saturated heterocycles. The monoisotopic (exact) mass is 630 g/mol. The predicted molar refractivity (Wildman–Crippen MR) is 177 cm³/mol. The molecule has 0 aromatic heterocycles. The number of ether oxygens (including phenoxy) is 4. The summed E-state index contributed by atoms with van der Waals surface area (Å²) in [5.41, 5.74) is 4.42. The van der Waals surface area contributed by atoms with E-state index >= 15 is 0 Å². The van der Waals surface area contributed by atoms with Crippen LogP contribution in [0, 0.1) is 0 Å². The Labute approximate surface area is 272 Å². The smallest absolute Gasteiger partial charge is 0.347 e. The van der Waals surface area contributed by atoms with Crippen LogP contribution in [0.4, 0.5) is 0 Å². The second-order valence-electron chi connectivity index (χ2n) is 11.3. The third kappa shape index (κ3) is 11.5. The summed E-state index contributed by atoms with van der Waals surface area (Å²) in [6.07, 6.45) is 6.01. The molecule has 2 atom stereocenters. The number of hydrogen-bond donors (Lipinski definition) is 0. The third-order valence-corrected chi connectivity index (χ3v) is 7.51. The molecule has 246 valence electrons. The lowest BCUT2D eigenvalue weighted by atomic mass is 9.99. The van der Waals surface area contributed by atoms with Crippen LogP contribution < -0.4 is 0 Å². The number of hydrogen-bond acceptors (Lipinski definition) is 8. The Morgan fingerprint density at radius 1 is 0.478 bits per heavy atom. The zero-order valence-corrected chi connectivity index (χ0v) is 27.4. The molecular formula is C38H46O8. The molecule has 0 bridgehead atoms. The standard InChI is InChI=1S/C38H46O8/c1-5-7-9-11-25-43-35(39)27(3)45-37(41)33-21-17-31(18-22-33)29-13-15-30(16-14-29)32-19-23-34(24-20-32)38(42)46-28(4)36(40)44-26-12-10-8-6-2/h13-24,27-28H,5-12,25-26H2,1-4H3/t27-,28-/m0/s1. The normalized spacial score (nSPS) is 12.1. The van der Waals surface area contributed by atoms with Gasteiger partial charge in [-0.05, 0) is 73.2 Å². The van der Waals surface area contributed by atoms with Crippen molar-refractivity contribution >= 4 is 23.9 Å². The largest absolute Gasteiger partial charge is 0.463 e. The first-order valence-electron chi connectivity index (χ1n) is 16.3. The van der Waals surface area contributed by atoms with Crippen molar-refractivity contribution in [2.24, 2.45) is 0 Å². The van der Waals surface area contributed by atoms with E-state index in [-0.39, 0.29) is 0 Å². The molecular weight excluding hydrogens is 584 g/mol. The highest BCUT2D eigenvalue weighted by Gasteiger charge is 2.21. The van der Waals surface area contributed by atoms with Gasteiger partial charge in [0.05, 0.1) is 24.3 Å². The van der Waals surface area contributed by atoms with Crippen molar-refractivity contribution in [2.75, 3.05) is 13.2 Å². The number of unbranched alkanes of at least 4 members (excludes halogenated alkanes) is 6. The van der Waals surface area contributed by atoms with Gasteiger partial charge >= 0.3 is 23.9 Å². The summed E-state index contributed by atoms with van der Waals surface area (Å²) in [5, 5.41) is 0. The first kappa shape index (κ1) is 36.0. The molecule has 0 aliphatic rings. The van der Waals surface area contributed by atoms with Crippen LogP contribution in [0.25, 0.3) is 22.3 Å². The van der Waals surface area contributed by atoms with E-state index in [1.807, 2.05) is 48.5 Å². The molecule has 0 fully saturated rings. The third-order valence-electron chi connectivity index (χ3n) is 7.51. The molecule has 8 nitrogen and oxygen atoms in total. The number of esters is 4. The van der Waals surface area contributed by atoms with Gasteiger partial charge in [0.2, 0.25) is 0 Å². The van der Waals surface area contributed by atoms with Crippen molar-refractivity contribution in [3.05, 3.63) is 83.9 Å². The highest BCUT2D eigenvalue weighted by Crippen LogP contribution is 2.26. The Kier molecular flexibility index (Phi) is 15.0. The van der Waals surface area contributed by atoms with Gasteiger partial charge in [-0.3, -0.25) is 0 Å². The summed E-state index contributed by atoms with van der Waals surface area (Å²) in [4.78, 5) is 49.4. The average Bonchev–Trinajstić information content (AvgIpc) is 3.08. The maximum absolute atomic E-state index is 12.6. The van der Waals surface area contributed by atoms with E-state index in [1.165, 1.54) is 13.8 Å². The second-order valence-corrected chi connectivity index (χ2v) is 11.3. The summed E-state index contributed by atoms with van der Waals surface area (Å²) in [6, 6.07) is 21.9.